The highest BCUT2D eigenvalue weighted by atomic mass is 79.9. The summed E-state index contributed by atoms with van der Waals surface area (Å²) in [5, 5.41) is 0.796. The van der Waals surface area contributed by atoms with Crippen LogP contribution >= 0.6 is 27.5 Å². The molecule has 0 saturated carbocycles. The largest absolute Gasteiger partial charge is 0.0837 e. The Morgan fingerprint density at radius 2 is 1.22 bits per heavy atom. The summed E-state index contributed by atoms with van der Waals surface area (Å²) in [4.78, 5) is 0. The van der Waals surface area contributed by atoms with Crippen molar-refractivity contribution in [1.29, 1.82) is 0 Å². The van der Waals surface area contributed by atoms with Gasteiger partial charge in [-0.1, -0.05) is 112 Å². The lowest BCUT2D eigenvalue weighted by molar-refractivity contribution is 0.764. The van der Waals surface area contributed by atoms with E-state index >= 15 is 0 Å². The van der Waals surface area contributed by atoms with Crippen LogP contribution in [0.25, 0.3) is 11.1 Å². The molecule has 0 saturated heterocycles. The van der Waals surface area contributed by atoms with E-state index in [0.717, 1.165) is 15.1 Å². The molecule has 0 aliphatic heterocycles. The summed E-state index contributed by atoms with van der Waals surface area (Å²) in [5.41, 5.74) is 6.90. The summed E-state index contributed by atoms with van der Waals surface area (Å²) in [5.74, 6) is 0. The summed E-state index contributed by atoms with van der Waals surface area (Å²) in [6.07, 6.45) is 0. The highest BCUT2D eigenvalue weighted by Crippen LogP contribution is 2.58. The van der Waals surface area contributed by atoms with Gasteiger partial charge in [0, 0.05) is 15.1 Å². The van der Waals surface area contributed by atoms with Crippen LogP contribution in [0.2, 0.25) is 5.02 Å². The van der Waals surface area contributed by atoms with Crippen molar-refractivity contribution in [2.24, 2.45) is 0 Å². The Bertz CT molecular complexity index is 1150. The van der Waals surface area contributed by atoms with E-state index in [2.05, 4.69) is 107 Å². The molecule has 0 heterocycles. The molecule has 27 heavy (non-hydrogen) atoms. The predicted octanol–water partition coefficient (Wildman–Crippen LogP) is 7.47. The zero-order valence-corrected chi connectivity index (χ0v) is 16.8. The summed E-state index contributed by atoms with van der Waals surface area (Å²) in [6, 6.07) is 34.1. The van der Waals surface area contributed by atoms with Gasteiger partial charge in [0.1, 0.15) is 0 Å². The van der Waals surface area contributed by atoms with Crippen LogP contribution in [0, 0.1) is 0 Å². The molecular formula is C25H16BrCl. The zero-order chi connectivity index (χ0) is 18.4. The molecule has 0 N–H and O–H groups in total. The second kappa shape index (κ2) is 6.37. The molecule has 0 fully saturated rings. The first kappa shape index (κ1) is 16.8. The number of hydrogen-bond donors (Lipinski definition) is 0. The third kappa shape index (κ3) is 2.29. The van der Waals surface area contributed by atoms with E-state index in [1.807, 2.05) is 6.07 Å². The molecule has 4 aromatic rings. The Labute approximate surface area is 172 Å². The van der Waals surface area contributed by atoms with Gasteiger partial charge < -0.3 is 0 Å². The maximum atomic E-state index is 6.73. The van der Waals surface area contributed by atoms with Crippen molar-refractivity contribution < 1.29 is 0 Å². The van der Waals surface area contributed by atoms with Gasteiger partial charge in [-0.05, 0) is 39.9 Å². The first-order valence-electron chi connectivity index (χ1n) is 8.94. The molecule has 0 aromatic heterocycles. The second-order valence-corrected chi connectivity index (χ2v) is 8.07. The molecule has 1 aliphatic carbocycles. The standard InChI is InChI=1S/C25H16BrCl/c26-22-15-7-6-13-20(22)25(17-9-2-1-3-10-17)19-12-5-4-11-18(19)24-21(25)14-8-16-23(24)27/h1-16H. The monoisotopic (exact) mass is 430 g/mol. The van der Waals surface area contributed by atoms with Gasteiger partial charge in [-0.15, -0.1) is 0 Å². The fraction of sp³-hybridized carbons (Fsp3) is 0.0400. The van der Waals surface area contributed by atoms with E-state index in [4.69, 9.17) is 11.6 Å². The fourth-order valence-electron chi connectivity index (χ4n) is 4.49. The molecule has 2 heteroatoms. The molecule has 0 nitrogen and oxygen atoms in total. The minimum absolute atomic E-state index is 0.405. The minimum atomic E-state index is -0.405. The lowest BCUT2D eigenvalue weighted by Gasteiger charge is -2.34. The van der Waals surface area contributed by atoms with Gasteiger partial charge >= 0.3 is 0 Å². The maximum absolute atomic E-state index is 6.73. The Balaban J connectivity index is 2.02. The summed E-state index contributed by atoms with van der Waals surface area (Å²) in [7, 11) is 0. The van der Waals surface area contributed by atoms with Crippen LogP contribution < -0.4 is 0 Å². The second-order valence-electron chi connectivity index (χ2n) is 6.80. The summed E-state index contributed by atoms with van der Waals surface area (Å²) >= 11 is 10.6. The van der Waals surface area contributed by atoms with E-state index < -0.39 is 5.41 Å². The van der Waals surface area contributed by atoms with Crippen LogP contribution in [0.1, 0.15) is 22.3 Å². The van der Waals surface area contributed by atoms with Crippen LogP contribution in [0.15, 0.2) is 102 Å². The molecule has 0 amide bonds. The zero-order valence-electron chi connectivity index (χ0n) is 14.5. The molecule has 1 atom stereocenters. The molecule has 0 spiro atoms. The summed E-state index contributed by atoms with van der Waals surface area (Å²) in [6.45, 7) is 0. The first-order chi connectivity index (χ1) is 13.2. The van der Waals surface area contributed by atoms with Crippen molar-refractivity contribution in [2.75, 3.05) is 0 Å². The van der Waals surface area contributed by atoms with Crippen molar-refractivity contribution in [3.63, 3.8) is 0 Å². The van der Waals surface area contributed by atoms with Crippen LogP contribution in [0.3, 0.4) is 0 Å². The minimum Gasteiger partial charge on any atom is -0.0837 e. The van der Waals surface area contributed by atoms with Gasteiger partial charge in [0.05, 0.1) is 5.41 Å². The lowest BCUT2D eigenvalue weighted by Crippen LogP contribution is -2.29. The number of benzene rings is 4. The highest BCUT2D eigenvalue weighted by molar-refractivity contribution is 9.10. The van der Waals surface area contributed by atoms with E-state index in [0.29, 0.717) is 0 Å². The molecule has 4 aromatic carbocycles. The Kier molecular flexibility index (Phi) is 3.96. The van der Waals surface area contributed by atoms with Crippen LogP contribution in [-0.2, 0) is 5.41 Å². The van der Waals surface area contributed by atoms with Gasteiger partial charge in [0.15, 0.2) is 0 Å². The SMILES string of the molecule is Clc1cccc2c1-c1ccccc1C2(c1ccccc1)c1ccccc1Br. The van der Waals surface area contributed by atoms with Gasteiger partial charge in [0.25, 0.3) is 0 Å². The topological polar surface area (TPSA) is 0 Å². The Morgan fingerprint density at radius 1 is 0.593 bits per heavy atom. The number of fused-ring (bicyclic) bond motifs is 3. The van der Waals surface area contributed by atoms with Crippen molar-refractivity contribution in [3.8, 4) is 11.1 Å². The van der Waals surface area contributed by atoms with Crippen LogP contribution in [0.4, 0.5) is 0 Å². The maximum Gasteiger partial charge on any atom is 0.0724 e. The molecule has 1 aliphatic rings. The van der Waals surface area contributed by atoms with Gasteiger partial charge in [-0.3, -0.25) is 0 Å². The van der Waals surface area contributed by atoms with Crippen molar-refractivity contribution in [3.05, 3.63) is 129 Å². The van der Waals surface area contributed by atoms with Crippen molar-refractivity contribution >= 4 is 27.5 Å². The molecule has 5 rings (SSSR count). The first-order valence-corrected chi connectivity index (χ1v) is 10.1. The van der Waals surface area contributed by atoms with Crippen LogP contribution in [0.5, 0.6) is 0 Å². The number of rotatable bonds is 2. The molecule has 130 valence electrons. The van der Waals surface area contributed by atoms with Crippen molar-refractivity contribution in [2.45, 2.75) is 5.41 Å². The smallest absolute Gasteiger partial charge is 0.0724 e. The quantitative estimate of drug-likeness (QED) is 0.272. The average molecular weight is 432 g/mol. The van der Waals surface area contributed by atoms with E-state index in [9.17, 15) is 0 Å². The Hall–Kier alpha value is -2.35. The van der Waals surface area contributed by atoms with Gasteiger partial charge in [-0.2, -0.15) is 0 Å². The molecule has 0 radical (unpaired) electrons. The lowest BCUT2D eigenvalue weighted by atomic mass is 9.68. The number of hydrogen-bond acceptors (Lipinski definition) is 0. The Morgan fingerprint density at radius 3 is 2.00 bits per heavy atom. The van der Waals surface area contributed by atoms with E-state index in [1.165, 1.54) is 27.8 Å². The third-order valence-corrected chi connectivity index (χ3v) is 6.51. The third-order valence-electron chi connectivity index (χ3n) is 5.50. The molecule has 1 unspecified atom stereocenters. The van der Waals surface area contributed by atoms with Crippen molar-refractivity contribution in [1.82, 2.24) is 0 Å². The highest BCUT2D eigenvalue weighted by Gasteiger charge is 2.47. The van der Waals surface area contributed by atoms with Gasteiger partial charge in [0.2, 0.25) is 0 Å². The summed E-state index contributed by atoms with van der Waals surface area (Å²) < 4.78 is 1.09. The van der Waals surface area contributed by atoms with Gasteiger partial charge in [-0.25, -0.2) is 0 Å². The normalized spacial score (nSPS) is 17.4. The van der Waals surface area contributed by atoms with E-state index in [1.54, 1.807) is 0 Å². The number of halogens is 2. The fourth-order valence-corrected chi connectivity index (χ4v) is 5.35. The molecule has 0 bridgehead atoms. The van der Waals surface area contributed by atoms with E-state index in [-0.39, 0.29) is 0 Å². The predicted molar refractivity (Wildman–Crippen MR) is 116 cm³/mol. The average Bonchev–Trinajstić information content (AvgIpc) is 3.01. The molecular weight excluding hydrogens is 416 g/mol. The van der Waals surface area contributed by atoms with Crippen LogP contribution in [-0.4, -0.2) is 0 Å².